The molecule has 0 heterocycles. The number of carbonyl (C=O) groups is 5. The van der Waals surface area contributed by atoms with Gasteiger partial charge < -0.3 is 50.5 Å². The zero-order valence-corrected chi connectivity index (χ0v) is 42.0. The van der Waals surface area contributed by atoms with Crippen molar-refractivity contribution in [3.05, 3.63) is 23.1 Å². The van der Waals surface area contributed by atoms with Gasteiger partial charge in [0.25, 0.3) is 0 Å². The summed E-state index contributed by atoms with van der Waals surface area (Å²) in [6.45, 7) is 12.8. The van der Waals surface area contributed by atoms with Gasteiger partial charge in [-0.3, -0.25) is 24.1 Å². The van der Waals surface area contributed by atoms with Crippen LogP contribution in [0.2, 0.25) is 0 Å². The van der Waals surface area contributed by atoms with Crippen LogP contribution in [0.5, 0.6) is 0 Å². The molecule has 4 N–H and O–H groups in total. The minimum Gasteiger partial charge on any atom is -0.676 e. The number of hydrogen-bond donors (Lipinski definition) is 2. The van der Waals surface area contributed by atoms with E-state index in [0.717, 1.165) is 61.2 Å². The Balaban J connectivity index is 0.000000375. The first-order valence-electron chi connectivity index (χ1n) is 24.3. The molecule has 0 saturated heterocycles. The van der Waals surface area contributed by atoms with Crippen molar-refractivity contribution in [2.24, 2.45) is 52.3 Å². The molecule has 0 bridgehead atoms. The van der Waals surface area contributed by atoms with Crippen molar-refractivity contribution < 1.29 is 79.3 Å². The average molecular weight is 1100 g/mol. The summed E-state index contributed by atoms with van der Waals surface area (Å²) >= 11 is 0. The van der Waals surface area contributed by atoms with Gasteiger partial charge in [-0.25, -0.2) is 0 Å². The van der Waals surface area contributed by atoms with Gasteiger partial charge in [-0.15, -0.1) is 0 Å². The van der Waals surface area contributed by atoms with Gasteiger partial charge in [0.1, 0.15) is 13.2 Å². The summed E-state index contributed by atoms with van der Waals surface area (Å²) in [6.07, 6.45) is 18.6. The number of hydrogen-bond acceptors (Lipinski definition) is 11. The summed E-state index contributed by atoms with van der Waals surface area (Å²) in [5.74, 6) is 0.834. The molecule has 376 valence electrons. The molecule has 65 heavy (non-hydrogen) atoms. The SMILES string of the molecule is CC(C)CCCC(C)C1CCC2C3CC=C4CC(OCCN(CC(=O)[O-])CC(=O)O)CCC4(C)C3CCC12C.[NH-]C1CCC(CC(=O)OCCOCCOC(=O)CCC(=O)O)CC1[NH-].[Pt]. The number of fused-ring (bicyclic) bond motifs is 5. The zero-order valence-electron chi connectivity index (χ0n) is 39.8. The van der Waals surface area contributed by atoms with Crippen LogP contribution >= 0.6 is 0 Å². The Labute approximate surface area is 402 Å². The van der Waals surface area contributed by atoms with Crippen LogP contribution in [0.15, 0.2) is 11.6 Å². The van der Waals surface area contributed by atoms with Gasteiger partial charge in [0.15, 0.2) is 0 Å². The molecule has 15 nitrogen and oxygen atoms in total. The van der Waals surface area contributed by atoms with Crippen LogP contribution in [0.4, 0.5) is 0 Å². The molecule has 16 heteroatoms. The van der Waals surface area contributed by atoms with Crippen molar-refractivity contribution in [2.75, 3.05) is 52.7 Å². The Morgan fingerprint density at radius 1 is 0.815 bits per heavy atom. The maximum absolute atomic E-state index is 11.7. The summed E-state index contributed by atoms with van der Waals surface area (Å²) in [4.78, 5) is 56.5. The molecule has 5 rings (SSSR count). The maximum atomic E-state index is 11.7. The fourth-order valence-corrected chi connectivity index (χ4v) is 12.3. The summed E-state index contributed by atoms with van der Waals surface area (Å²) in [5.41, 5.74) is 17.7. The molecule has 0 aromatic rings. The Hall–Kier alpha value is -2.42. The molecule has 5 aliphatic rings. The first-order chi connectivity index (χ1) is 30.3. The number of carboxylic acids is 3. The van der Waals surface area contributed by atoms with Gasteiger partial charge in [-0.2, -0.15) is 12.1 Å². The number of nitrogens with zero attached hydrogens (tertiary/aromatic N) is 1. The van der Waals surface area contributed by atoms with E-state index in [1.807, 2.05) is 0 Å². The van der Waals surface area contributed by atoms with Crippen LogP contribution in [-0.2, 0) is 64.0 Å². The molecular formula is C49H80N3O12Pt-3. The number of ether oxygens (including phenoxy) is 4. The molecule has 0 spiro atoms. The second-order valence-corrected chi connectivity index (χ2v) is 20.5. The van der Waals surface area contributed by atoms with Gasteiger partial charge in [0.05, 0.1) is 51.3 Å². The van der Waals surface area contributed by atoms with E-state index >= 15 is 0 Å². The van der Waals surface area contributed by atoms with Crippen molar-refractivity contribution in [1.82, 2.24) is 4.90 Å². The quantitative estimate of drug-likeness (QED) is 0.0541. The predicted molar refractivity (Wildman–Crippen MR) is 240 cm³/mol. The van der Waals surface area contributed by atoms with Crippen molar-refractivity contribution in [3.63, 3.8) is 0 Å². The standard InChI is InChI=1S/C33H55NO5.C16H26N2O7.Pt/c1-22(2)7-6-8-23(3)27-11-12-28-26-10-9-24-19-25(39-18-17-34(20-30(35)36)21-31(37)38)13-15-32(24,4)29(26)14-16-33(27,28)5;17-12-2-1-11(9-13(12)18)10-16(22)25-8-6-23-5-7-24-15(21)4-3-14(19)20;/h9,22-23,25-29H,6-8,10-21H2,1-5H3,(H,35,36)(H,37,38);11-13,17-18H,1-10H2,(H,19,20);/q;-2;/p-1. The summed E-state index contributed by atoms with van der Waals surface area (Å²) in [7, 11) is 0. The topological polar surface area (TPSA) is 237 Å². The molecule has 0 radical (unpaired) electrons. The fraction of sp³-hybridized carbons (Fsp3) is 0.857. The van der Waals surface area contributed by atoms with E-state index in [9.17, 15) is 29.1 Å². The third kappa shape index (κ3) is 17.6. The van der Waals surface area contributed by atoms with Crippen LogP contribution in [-0.4, -0.2) is 116 Å². The molecule has 4 saturated carbocycles. The number of aliphatic carboxylic acids is 3. The van der Waals surface area contributed by atoms with Crippen LogP contribution in [0.1, 0.15) is 144 Å². The van der Waals surface area contributed by atoms with Gasteiger partial charge in [-0.05, 0) is 104 Å². The van der Waals surface area contributed by atoms with Crippen LogP contribution in [0, 0.1) is 52.3 Å². The summed E-state index contributed by atoms with van der Waals surface area (Å²) < 4.78 is 21.2. The third-order valence-corrected chi connectivity index (χ3v) is 15.7. The second kappa shape index (κ2) is 27.5. The summed E-state index contributed by atoms with van der Waals surface area (Å²) in [5, 5.41) is 28.4. The minimum absolute atomic E-state index is 0. The van der Waals surface area contributed by atoms with E-state index in [0.29, 0.717) is 24.9 Å². The van der Waals surface area contributed by atoms with E-state index in [1.165, 1.54) is 56.3 Å². The Kier molecular flexibility index (Phi) is 24.1. The van der Waals surface area contributed by atoms with E-state index in [4.69, 9.17) is 40.6 Å². The minimum atomic E-state index is -1.26. The number of allylic oxidation sites excluding steroid dienone is 1. The molecule has 0 amide bonds. The number of rotatable bonds is 24. The second-order valence-electron chi connectivity index (χ2n) is 20.5. The van der Waals surface area contributed by atoms with E-state index < -0.39 is 29.9 Å². The van der Waals surface area contributed by atoms with Crippen molar-refractivity contribution >= 4 is 29.8 Å². The Morgan fingerprint density at radius 3 is 2.17 bits per heavy atom. The van der Waals surface area contributed by atoms with E-state index in [2.05, 4.69) is 40.7 Å². The number of nitrogens with one attached hydrogen (secondary N) is 2. The smallest absolute Gasteiger partial charge is 0.317 e. The van der Waals surface area contributed by atoms with E-state index in [-0.39, 0.29) is 116 Å². The zero-order chi connectivity index (χ0) is 47.0. The molecular weight excluding hydrogens is 1020 g/mol. The van der Waals surface area contributed by atoms with Crippen molar-refractivity contribution in [1.29, 1.82) is 0 Å². The summed E-state index contributed by atoms with van der Waals surface area (Å²) in [6, 6.07) is -0.771. The monoisotopic (exact) mass is 1100 g/mol. The van der Waals surface area contributed by atoms with Crippen LogP contribution < -0.4 is 5.11 Å². The molecule has 0 aromatic heterocycles. The first kappa shape index (κ1) is 56.9. The predicted octanol–water partition coefficient (Wildman–Crippen LogP) is 7.53. The molecule has 0 aromatic carbocycles. The molecule has 4 fully saturated rings. The normalized spacial score (nSPS) is 30.9. The van der Waals surface area contributed by atoms with E-state index in [1.54, 1.807) is 5.57 Å². The molecule has 11 unspecified atom stereocenters. The Bertz CT molecular complexity index is 1550. The van der Waals surface area contributed by atoms with Crippen molar-refractivity contribution in [2.45, 2.75) is 162 Å². The van der Waals surface area contributed by atoms with Gasteiger partial charge in [0, 0.05) is 40.6 Å². The van der Waals surface area contributed by atoms with Gasteiger partial charge >= 0.3 is 23.9 Å². The molecule has 11 atom stereocenters. The number of carbonyl (C=O) groups excluding carboxylic acids is 3. The van der Waals surface area contributed by atoms with Gasteiger partial charge in [0.2, 0.25) is 0 Å². The largest absolute Gasteiger partial charge is 0.676 e. The number of carboxylic acid groups (broad SMARTS) is 3. The molecule has 0 aliphatic heterocycles. The average Bonchev–Trinajstić information content (AvgIpc) is 3.58. The fourth-order valence-electron chi connectivity index (χ4n) is 12.3. The van der Waals surface area contributed by atoms with Gasteiger partial charge in [-0.1, -0.05) is 84.8 Å². The first-order valence-corrected chi connectivity index (χ1v) is 24.3. The molecule has 5 aliphatic carbocycles. The van der Waals surface area contributed by atoms with Crippen molar-refractivity contribution in [3.8, 4) is 0 Å². The number of esters is 2. The Morgan fingerprint density at radius 2 is 1.52 bits per heavy atom. The maximum Gasteiger partial charge on any atom is 0.317 e. The third-order valence-electron chi connectivity index (χ3n) is 15.7. The van der Waals surface area contributed by atoms with Crippen LogP contribution in [0.25, 0.3) is 11.5 Å². The van der Waals surface area contributed by atoms with Crippen LogP contribution in [0.3, 0.4) is 0 Å².